The Morgan fingerprint density at radius 2 is 2.42 bits per heavy atom. The zero-order chi connectivity index (χ0) is 13.1. The zero-order valence-electron chi connectivity index (χ0n) is 11.9. The molecule has 2 aliphatic rings. The van der Waals surface area contributed by atoms with E-state index in [-0.39, 0.29) is 5.60 Å². The van der Waals surface area contributed by atoms with Gasteiger partial charge in [-0.15, -0.1) is 0 Å². The predicted molar refractivity (Wildman–Crippen MR) is 75.0 cm³/mol. The molecular formula is C15H25N3O. The van der Waals surface area contributed by atoms with E-state index in [0.717, 1.165) is 38.2 Å². The highest BCUT2D eigenvalue weighted by Gasteiger charge is 2.43. The summed E-state index contributed by atoms with van der Waals surface area (Å²) in [5.74, 6) is 0. The van der Waals surface area contributed by atoms with E-state index in [1.165, 1.54) is 25.7 Å². The van der Waals surface area contributed by atoms with Gasteiger partial charge >= 0.3 is 0 Å². The molecule has 1 atom stereocenters. The van der Waals surface area contributed by atoms with Gasteiger partial charge in [0, 0.05) is 19.3 Å². The van der Waals surface area contributed by atoms with Crippen LogP contribution in [0, 0.1) is 0 Å². The van der Waals surface area contributed by atoms with Crippen molar-refractivity contribution in [2.45, 2.75) is 63.6 Å². The van der Waals surface area contributed by atoms with Crippen LogP contribution in [-0.4, -0.2) is 28.5 Å². The summed E-state index contributed by atoms with van der Waals surface area (Å²) in [5, 5.41) is 8.13. The molecular weight excluding hydrogens is 238 g/mol. The van der Waals surface area contributed by atoms with Crippen LogP contribution in [0.4, 0.5) is 0 Å². The van der Waals surface area contributed by atoms with Crippen LogP contribution in [0.25, 0.3) is 0 Å². The number of nitrogens with one attached hydrogen (secondary N) is 1. The molecule has 1 aromatic rings. The number of rotatable bonds is 5. The molecule has 1 saturated carbocycles. The summed E-state index contributed by atoms with van der Waals surface area (Å²) in [6.45, 7) is 5.03. The smallest absolute Gasteiger partial charge is 0.0762 e. The first kappa shape index (κ1) is 13.1. The van der Waals surface area contributed by atoms with Gasteiger partial charge in [-0.3, -0.25) is 4.68 Å². The molecule has 0 aromatic carbocycles. The summed E-state index contributed by atoms with van der Waals surface area (Å²) in [6.07, 6.45) is 9.39. The Morgan fingerprint density at radius 3 is 3.16 bits per heavy atom. The molecule has 1 aliphatic heterocycles. The highest BCUT2D eigenvalue weighted by molar-refractivity contribution is 5.02. The summed E-state index contributed by atoms with van der Waals surface area (Å²) in [7, 11) is 0. The minimum atomic E-state index is 0.204. The molecule has 1 aliphatic carbocycles. The van der Waals surface area contributed by atoms with Gasteiger partial charge in [0.1, 0.15) is 0 Å². The van der Waals surface area contributed by atoms with Crippen LogP contribution in [0.15, 0.2) is 12.3 Å². The molecule has 1 N–H and O–H groups in total. The quantitative estimate of drug-likeness (QED) is 0.830. The number of hydrogen-bond donors (Lipinski definition) is 1. The number of ether oxygens (including phenoxy) is 1. The lowest BCUT2D eigenvalue weighted by molar-refractivity contribution is -0.141. The van der Waals surface area contributed by atoms with Crippen molar-refractivity contribution in [3.05, 3.63) is 18.0 Å². The van der Waals surface area contributed by atoms with Crippen molar-refractivity contribution in [3.63, 3.8) is 0 Å². The molecule has 2 heterocycles. The minimum absolute atomic E-state index is 0.204. The molecule has 0 bridgehead atoms. The van der Waals surface area contributed by atoms with E-state index in [2.05, 4.69) is 29.2 Å². The highest BCUT2D eigenvalue weighted by atomic mass is 16.5. The van der Waals surface area contributed by atoms with Crippen LogP contribution in [0.2, 0.25) is 0 Å². The first-order valence-corrected chi connectivity index (χ1v) is 7.70. The Morgan fingerprint density at radius 1 is 1.53 bits per heavy atom. The standard InChI is InChI=1S/C15H25N3O/c1-2-8-16-12-13-4-9-18(17-13)14-5-10-19-15(11-14)6-3-7-15/h4,9,14,16H,2-3,5-8,10-12H2,1H3. The van der Waals surface area contributed by atoms with Crippen molar-refractivity contribution in [1.82, 2.24) is 15.1 Å². The summed E-state index contributed by atoms with van der Waals surface area (Å²) < 4.78 is 8.16. The fourth-order valence-electron chi connectivity index (χ4n) is 3.22. The minimum Gasteiger partial charge on any atom is -0.375 e. The van der Waals surface area contributed by atoms with Gasteiger partial charge in [-0.25, -0.2) is 0 Å². The second kappa shape index (κ2) is 5.63. The van der Waals surface area contributed by atoms with Crippen LogP contribution in [-0.2, 0) is 11.3 Å². The molecule has 2 fully saturated rings. The number of hydrogen-bond acceptors (Lipinski definition) is 3. The predicted octanol–water partition coefficient (Wildman–Crippen LogP) is 2.66. The van der Waals surface area contributed by atoms with E-state index in [9.17, 15) is 0 Å². The first-order valence-electron chi connectivity index (χ1n) is 7.70. The summed E-state index contributed by atoms with van der Waals surface area (Å²) >= 11 is 0. The average molecular weight is 263 g/mol. The Balaban J connectivity index is 1.59. The molecule has 1 unspecified atom stereocenters. The average Bonchev–Trinajstić information content (AvgIpc) is 2.86. The third-order valence-electron chi connectivity index (χ3n) is 4.50. The molecule has 0 amide bonds. The third-order valence-corrected chi connectivity index (χ3v) is 4.50. The Hall–Kier alpha value is -0.870. The first-order chi connectivity index (χ1) is 9.31. The van der Waals surface area contributed by atoms with Crippen molar-refractivity contribution in [1.29, 1.82) is 0 Å². The van der Waals surface area contributed by atoms with Crippen LogP contribution in [0.3, 0.4) is 0 Å². The van der Waals surface area contributed by atoms with Crippen LogP contribution in [0.5, 0.6) is 0 Å². The topological polar surface area (TPSA) is 39.1 Å². The lowest BCUT2D eigenvalue weighted by Crippen LogP contribution is -2.46. The van der Waals surface area contributed by atoms with E-state index in [4.69, 9.17) is 9.84 Å². The summed E-state index contributed by atoms with van der Waals surface area (Å²) in [5.41, 5.74) is 1.36. The molecule has 1 spiro atoms. The Labute approximate surface area is 115 Å². The van der Waals surface area contributed by atoms with Crippen molar-refractivity contribution >= 4 is 0 Å². The maximum atomic E-state index is 5.99. The maximum Gasteiger partial charge on any atom is 0.0762 e. The third kappa shape index (κ3) is 2.84. The van der Waals surface area contributed by atoms with Gasteiger partial charge in [0.2, 0.25) is 0 Å². The van der Waals surface area contributed by atoms with Gasteiger partial charge in [-0.2, -0.15) is 5.10 Å². The zero-order valence-corrected chi connectivity index (χ0v) is 11.9. The second-order valence-electron chi connectivity index (χ2n) is 6.00. The molecule has 19 heavy (non-hydrogen) atoms. The van der Waals surface area contributed by atoms with Crippen LogP contribution in [0.1, 0.15) is 57.2 Å². The molecule has 1 aromatic heterocycles. The van der Waals surface area contributed by atoms with E-state index < -0.39 is 0 Å². The van der Waals surface area contributed by atoms with Crippen molar-refractivity contribution in [2.75, 3.05) is 13.2 Å². The normalized spacial score (nSPS) is 25.4. The van der Waals surface area contributed by atoms with Gasteiger partial charge in [-0.05, 0) is 51.1 Å². The van der Waals surface area contributed by atoms with Crippen molar-refractivity contribution in [2.24, 2.45) is 0 Å². The molecule has 1 saturated heterocycles. The van der Waals surface area contributed by atoms with Gasteiger partial charge in [0.15, 0.2) is 0 Å². The largest absolute Gasteiger partial charge is 0.375 e. The molecule has 106 valence electrons. The molecule has 4 heteroatoms. The summed E-state index contributed by atoms with van der Waals surface area (Å²) in [6, 6.07) is 2.68. The van der Waals surface area contributed by atoms with Gasteiger partial charge < -0.3 is 10.1 Å². The second-order valence-corrected chi connectivity index (χ2v) is 6.00. The maximum absolute atomic E-state index is 5.99. The number of aromatic nitrogens is 2. The Kier molecular flexibility index (Phi) is 3.89. The monoisotopic (exact) mass is 263 g/mol. The lowest BCUT2D eigenvalue weighted by atomic mass is 9.74. The van der Waals surface area contributed by atoms with Gasteiger partial charge in [-0.1, -0.05) is 6.92 Å². The molecule has 4 nitrogen and oxygen atoms in total. The lowest BCUT2D eigenvalue weighted by Gasteiger charge is -2.47. The highest BCUT2D eigenvalue weighted by Crippen LogP contribution is 2.45. The SMILES string of the molecule is CCCNCc1ccn(C2CCOC3(CCC3)C2)n1. The van der Waals surface area contributed by atoms with Crippen LogP contribution < -0.4 is 5.32 Å². The van der Waals surface area contributed by atoms with Crippen LogP contribution >= 0.6 is 0 Å². The van der Waals surface area contributed by atoms with Gasteiger partial charge in [0.25, 0.3) is 0 Å². The molecule has 0 radical (unpaired) electrons. The van der Waals surface area contributed by atoms with Crippen molar-refractivity contribution < 1.29 is 4.74 Å². The van der Waals surface area contributed by atoms with Crippen molar-refractivity contribution in [3.8, 4) is 0 Å². The van der Waals surface area contributed by atoms with Gasteiger partial charge in [0.05, 0.1) is 17.3 Å². The van der Waals surface area contributed by atoms with E-state index in [0.29, 0.717) is 6.04 Å². The Bertz CT molecular complexity index is 411. The van der Waals surface area contributed by atoms with E-state index >= 15 is 0 Å². The van der Waals surface area contributed by atoms with E-state index in [1.54, 1.807) is 0 Å². The summed E-state index contributed by atoms with van der Waals surface area (Å²) in [4.78, 5) is 0. The molecule has 3 rings (SSSR count). The van der Waals surface area contributed by atoms with E-state index in [1.807, 2.05) is 0 Å². The fourth-order valence-corrected chi connectivity index (χ4v) is 3.22. The fraction of sp³-hybridized carbons (Fsp3) is 0.800. The number of nitrogens with zero attached hydrogens (tertiary/aromatic N) is 2.